The predicted octanol–water partition coefficient (Wildman–Crippen LogP) is 4.94. The number of benzene rings is 1. The Morgan fingerprint density at radius 3 is 2.55 bits per heavy atom. The molecule has 13 heteroatoms. The molecule has 2 amide bonds. The summed E-state index contributed by atoms with van der Waals surface area (Å²) in [7, 11) is 4.93. The maximum atomic E-state index is 13.1. The topological polar surface area (TPSA) is 84.6 Å². The van der Waals surface area contributed by atoms with Crippen molar-refractivity contribution in [2.45, 2.75) is 0 Å². The van der Waals surface area contributed by atoms with Crippen LogP contribution in [-0.2, 0) is 50.1 Å². The number of aromatic nitrogens is 2. The molecule has 33 heavy (non-hydrogen) atoms. The van der Waals surface area contributed by atoms with E-state index in [4.69, 9.17) is 11.6 Å². The van der Waals surface area contributed by atoms with Crippen LogP contribution >= 0.6 is 43.5 Å². The first kappa shape index (κ1) is 30.4. The van der Waals surface area contributed by atoms with Crippen LogP contribution in [0.5, 0.6) is 0 Å². The molecule has 0 unspecified atom stereocenters. The molecule has 0 aliphatic heterocycles. The van der Waals surface area contributed by atoms with Gasteiger partial charge in [0.15, 0.2) is 11.7 Å². The number of pyridine rings is 1. The standard InChI is InChI=1S/C20H17Br2ClN6O2.Cr.Y/c1-27(2)26-28(3)20(31)14-9-12(21)6-7-16(14)25-19(30)17-10-13(22)11-29(17)18-15(23)5-4-8-24-18;;/h4-6,8-11H,1-3H3,(H,25,30);;/q-2;;. The number of nitrogens with one attached hydrogen (secondary N) is 1. The normalized spacial score (nSPS) is 10.3. The van der Waals surface area contributed by atoms with Crippen molar-refractivity contribution in [3.8, 4) is 5.82 Å². The molecular formula is C20H17Br2ClCrN6O2Y-2. The van der Waals surface area contributed by atoms with Crippen molar-refractivity contribution in [2.24, 2.45) is 0 Å². The molecule has 2 aromatic heterocycles. The fourth-order valence-electron chi connectivity index (χ4n) is 2.74. The van der Waals surface area contributed by atoms with E-state index in [-0.39, 0.29) is 67.0 Å². The number of rotatable bonds is 6. The molecule has 0 spiro atoms. The molecular weight excluding hydrogens is 692 g/mol. The van der Waals surface area contributed by atoms with Crippen LogP contribution in [0.25, 0.3) is 11.4 Å². The van der Waals surface area contributed by atoms with Crippen LogP contribution in [0.15, 0.2) is 51.7 Å². The number of anilines is 1. The molecule has 0 bridgehead atoms. The summed E-state index contributed by atoms with van der Waals surface area (Å²) in [4.78, 5) is 30.3. The number of carbonyl (C=O) groups is 2. The summed E-state index contributed by atoms with van der Waals surface area (Å²) < 4.78 is 2.87. The molecule has 0 aliphatic carbocycles. The third kappa shape index (κ3) is 7.69. The predicted molar refractivity (Wildman–Crippen MR) is 126 cm³/mol. The number of hydrogen-bond donors (Lipinski definition) is 1. The zero-order chi connectivity index (χ0) is 22.7. The molecule has 1 N–H and O–H groups in total. The molecule has 171 valence electrons. The molecule has 0 aliphatic rings. The average Bonchev–Trinajstić information content (AvgIpc) is 3.10. The van der Waals surface area contributed by atoms with Crippen LogP contribution in [-0.4, -0.2) is 52.5 Å². The van der Waals surface area contributed by atoms with Gasteiger partial charge in [-0.25, -0.2) is 4.98 Å². The third-order valence-corrected chi connectivity index (χ3v) is 5.15. The van der Waals surface area contributed by atoms with E-state index in [0.717, 1.165) is 0 Å². The van der Waals surface area contributed by atoms with Crippen molar-refractivity contribution < 1.29 is 59.7 Å². The van der Waals surface area contributed by atoms with E-state index in [1.807, 2.05) is 0 Å². The van der Waals surface area contributed by atoms with Crippen LogP contribution in [0.4, 0.5) is 5.69 Å². The Labute approximate surface area is 249 Å². The fraction of sp³-hybridized carbons (Fsp3) is 0.150. The molecule has 0 atom stereocenters. The minimum absolute atomic E-state index is 0. The van der Waals surface area contributed by atoms with Crippen molar-refractivity contribution in [1.29, 1.82) is 0 Å². The number of carbonyl (C=O) groups excluding carboxylic acids is 2. The zero-order valence-electron chi connectivity index (χ0n) is 17.7. The summed E-state index contributed by atoms with van der Waals surface area (Å²) in [5.41, 5.74) is 4.79. The second kappa shape index (κ2) is 13.5. The fourth-order valence-corrected chi connectivity index (χ4v) is 3.72. The van der Waals surface area contributed by atoms with Gasteiger partial charge < -0.3 is 20.9 Å². The smallest absolute Gasteiger partial charge is 0.270 e. The van der Waals surface area contributed by atoms with Gasteiger partial charge in [-0.1, -0.05) is 21.8 Å². The Kier molecular flexibility index (Phi) is 12.4. The minimum Gasteiger partial charge on any atom is -0.500 e. The van der Waals surface area contributed by atoms with Crippen molar-refractivity contribution >= 4 is 61.0 Å². The van der Waals surface area contributed by atoms with E-state index in [2.05, 4.69) is 53.8 Å². The van der Waals surface area contributed by atoms with Gasteiger partial charge in [0.1, 0.15) is 5.69 Å². The van der Waals surface area contributed by atoms with E-state index in [1.54, 1.807) is 61.4 Å². The number of amides is 2. The molecule has 0 fully saturated rings. The Morgan fingerprint density at radius 2 is 1.91 bits per heavy atom. The van der Waals surface area contributed by atoms with Crippen LogP contribution < -0.4 is 5.32 Å². The van der Waals surface area contributed by atoms with Gasteiger partial charge in [-0.15, -0.1) is 22.0 Å². The molecule has 3 rings (SSSR count). The summed E-state index contributed by atoms with van der Waals surface area (Å²) in [6.45, 7) is 0. The first-order valence-corrected chi connectivity index (χ1v) is 10.8. The molecule has 8 nitrogen and oxygen atoms in total. The Balaban J connectivity index is 0.00000272. The molecule has 3 aromatic rings. The zero-order valence-corrected chi connectivity index (χ0v) is 25.8. The van der Waals surface area contributed by atoms with Gasteiger partial charge >= 0.3 is 0 Å². The van der Waals surface area contributed by atoms with Crippen LogP contribution in [0.3, 0.4) is 0 Å². The van der Waals surface area contributed by atoms with E-state index < -0.39 is 11.8 Å². The largest absolute Gasteiger partial charge is 0.500 e. The second-order valence-electron chi connectivity index (χ2n) is 6.55. The van der Waals surface area contributed by atoms with E-state index in [1.165, 1.54) is 17.1 Å². The summed E-state index contributed by atoms with van der Waals surface area (Å²) in [6, 6.07) is 11.2. The van der Waals surface area contributed by atoms with E-state index >= 15 is 0 Å². The quantitative estimate of drug-likeness (QED) is 0.291. The Hall–Kier alpha value is -0.604. The SMILES string of the molecule is CN(C)[N-]N(C)C(=O)c1cc(Br)c[c-]c1NC(=O)c1cc(Br)cn1-c1ncccc1Cl.[Cr].[Y]. The first-order valence-electron chi connectivity index (χ1n) is 8.85. The van der Waals surface area contributed by atoms with Crippen LogP contribution in [0.1, 0.15) is 20.8 Å². The van der Waals surface area contributed by atoms with Gasteiger partial charge in [0.25, 0.3) is 5.91 Å². The number of nitrogens with zero attached hydrogens (tertiary/aromatic N) is 5. The monoisotopic (exact) mass is 707 g/mol. The average molecular weight is 710 g/mol. The van der Waals surface area contributed by atoms with Crippen molar-refractivity contribution in [1.82, 2.24) is 19.6 Å². The maximum Gasteiger partial charge on any atom is 0.270 e. The van der Waals surface area contributed by atoms with Crippen molar-refractivity contribution in [3.05, 3.63) is 79.6 Å². The van der Waals surface area contributed by atoms with E-state index in [9.17, 15) is 9.59 Å². The van der Waals surface area contributed by atoms with Crippen molar-refractivity contribution in [2.75, 3.05) is 26.5 Å². The molecule has 1 radical (unpaired) electrons. The summed E-state index contributed by atoms with van der Waals surface area (Å²) in [6.07, 6.45) is 3.27. The molecule has 1 aromatic carbocycles. The molecule has 2 heterocycles. The minimum atomic E-state index is -0.466. The number of hydrogen-bond acceptors (Lipinski definition) is 4. The van der Waals surface area contributed by atoms with Gasteiger partial charge in [0.05, 0.1) is 5.02 Å². The van der Waals surface area contributed by atoms with Gasteiger partial charge in [0, 0.05) is 66.9 Å². The van der Waals surface area contributed by atoms with Crippen molar-refractivity contribution in [3.63, 3.8) is 0 Å². The van der Waals surface area contributed by atoms with Gasteiger partial charge in [-0.2, -0.15) is 12.1 Å². The summed E-state index contributed by atoms with van der Waals surface area (Å²) in [5, 5.41) is 5.82. The van der Waals surface area contributed by atoms with Crippen LogP contribution in [0.2, 0.25) is 5.02 Å². The second-order valence-corrected chi connectivity index (χ2v) is 8.79. The Bertz CT molecular complexity index is 1150. The number of halogens is 3. The van der Waals surface area contributed by atoms with Gasteiger partial charge in [-0.3, -0.25) is 14.2 Å². The molecule has 0 saturated carbocycles. The Morgan fingerprint density at radius 1 is 1.21 bits per heavy atom. The van der Waals surface area contributed by atoms with Crippen LogP contribution in [0, 0.1) is 6.07 Å². The molecule has 0 saturated heterocycles. The first-order chi connectivity index (χ1) is 14.7. The summed E-state index contributed by atoms with van der Waals surface area (Å²) in [5.74, 6) is -0.473. The maximum absolute atomic E-state index is 13.1. The van der Waals surface area contributed by atoms with Gasteiger partial charge in [0.2, 0.25) is 0 Å². The van der Waals surface area contributed by atoms with Gasteiger partial charge in [-0.05, 0) is 60.8 Å². The third-order valence-electron chi connectivity index (χ3n) is 3.97. The van der Waals surface area contributed by atoms with E-state index in [0.29, 0.717) is 19.8 Å². The summed E-state index contributed by atoms with van der Waals surface area (Å²) >= 11 is 13.0.